The summed E-state index contributed by atoms with van der Waals surface area (Å²) in [7, 11) is 0. The highest BCUT2D eigenvalue weighted by molar-refractivity contribution is 7.91. The number of fused-ring (bicyclic) bond motifs is 2. The summed E-state index contributed by atoms with van der Waals surface area (Å²) < 4.78 is 13.2. The van der Waals surface area contributed by atoms with Crippen molar-refractivity contribution in [2.24, 2.45) is 0 Å². The van der Waals surface area contributed by atoms with Crippen LogP contribution >= 0.6 is 0 Å². The van der Waals surface area contributed by atoms with Gasteiger partial charge in [-0.25, -0.2) is 0 Å². The lowest BCUT2D eigenvalue weighted by atomic mass is 10.1. The molecule has 0 radical (unpaired) electrons. The third-order valence-corrected chi connectivity index (χ3v) is 6.66. The quantitative estimate of drug-likeness (QED) is 0.649. The Morgan fingerprint density at radius 1 is 1.03 bits per heavy atom. The normalized spacial score (nSPS) is 15.2. The molecule has 30 heavy (non-hydrogen) atoms. The Hall–Kier alpha value is -3.09. The Morgan fingerprint density at radius 2 is 1.77 bits per heavy atom. The van der Waals surface area contributed by atoms with E-state index in [9.17, 15) is 14.1 Å². The highest BCUT2D eigenvalue weighted by Crippen LogP contribution is 2.37. The van der Waals surface area contributed by atoms with Crippen molar-refractivity contribution in [1.82, 2.24) is 5.32 Å². The van der Waals surface area contributed by atoms with Crippen LogP contribution in [-0.4, -0.2) is 22.9 Å². The largest absolute Gasteiger partial charge is 0.606 e. The third-order valence-electron chi connectivity index (χ3n) is 5.16. The van der Waals surface area contributed by atoms with Crippen LogP contribution < -0.4 is 10.2 Å². The molecule has 4 rings (SSSR count). The Balaban J connectivity index is 1.65. The molecule has 2 amide bonds. The van der Waals surface area contributed by atoms with Gasteiger partial charge in [0.25, 0.3) is 11.8 Å². The van der Waals surface area contributed by atoms with Crippen LogP contribution in [0.4, 0.5) is 5.69 Å². The van der Waals surface area contributed by atoms with Crippen LogP contribution in [0.5, 0.6) is 0 Å². The summed E-state index contributed by atoms with van der Waals surface area (Å²) in [5.41, 5.74) is 3.54. The number of amides is 2. The Kier molecular flexibility index (Phi) is 5.61. The van der Waals surface area contributed by atoms with E-state index in [1.54, 1.807) is 47.4 Å². The Labute approximate surface area is 178 Å². The molecule has 1 atom stereocenters. The zero-order valence-electron chi connectivity index (χ0n) is 16.8. The van der Waals surface area contributed by atoms with Crippen molar-refractivity contribution < 1.29 is 14.1 Å². The molecule has 5 nitrogen and oxygen atoms in total. The minimum atomic E-state index is -1.50. The number of hydrogen-bond acceptors (Lipinski definition) is 3. The molecule has 0 aliphatic carbocycles. The second-order valence-electron chi connectivity index (χ2n) is 7.17. The minimum Gasteiger partial charge on any atom is -0.606 e. The smallest absolute Gasteiger partial charge is 0.263 e. The maximum atomic E-state index is 13.2. The monoisotopic (exact) mass is 418 g/mol. The van der Waals surface area contributed by atoms with E-state index in [1.807, 2.05) is 38.1 Å². The Bertz CT molecular complexity index is 1110. The number of anilines is 1. The van der Waals surface area contributed by atoms with Crippen molar-refractivity contribution in [3.63, 3.8) is 0 Å². The van der Waals surface area contributed by atoms with Gasteiger partial charge in [0.05, 0.1) is 5.56 Å². The van der Waals surface area contributed by atoms with Gasteiger partial charge in [-0.05, 0) is 49.7 Å². The predicted molar refractivity (Wildman–Crippen MR) is 117 cm³/mol. The standard InChI is InChI=1S/C24H22N2O3S/c1-3-26-20-14-18(23(27)25-15-17-10-8-16(2)9-11-17)12-13-22(20)30(29)21-7-5-4-6-19(21)24(26)28/h4-14H,3,15H2,1-2H3,(H,25,27)/t30-/m1/s1. The molecule has 0 aromatic heterocycles. The number of nitrogens with zero attached hydrogens (tertiary/aromatic N) is 1. The summed E-state index contributed by atoms with van der Waals surface area (Å²) >= 11 is -1.50. The summed E-state index contributed by atoms with van der Waals surface area (Å²) in [5.74, 6) is -0.452. The number of rotatable bonds is 4. The number of nitrogens with one attached hydrogen (secondary N) is 1. The molecule has 152 valence electrons. The van der Waals surface area contributed by atoms with Gasteiger partial charge in [0.2, 0.25) is 0 Å². The lowest BCUT2D eigenvalue weighted by Crippen LogP contribution is -2.31. The molecule has 3 aromatic carbocycles. The highest BCUT2D eigenvalue weighted by Gasteiger charge is 2.35. The van der Waals surface area contributed by atoms with Gasteiger partial charge in [-0.3, -0.25) is 9.59 Å². The maximum Gasteiger partial charge on any atom is 0.263 e. The molecule has 0 unspecified atom stereocenters. The van der Waals surface area contributed by atoms with Crippen LogP contribution in [0, 0.1) is 6.92 Å². The summed E-state index contributed by atoms with van der Waals surface area (Å²) in [5, 5.41) is 2.91. The summed E-state index contributed by atoms with van der Waals surface area (Å²) in [6.07, 6.45) is 0. The summed E-state index contributed by atoms with van der Waals surface area (Å²) in [6, 6.07) is 19.9. The average molecular weight is 419 g/mol. The van der Waals surface area contributed by atoms with Gasteiger partial charge < -0.3 is 14.8 Å². The second kappa shape index (κ2) is 8.34. The van der Waals surface area contributed by atoms with Crippen LogP contribution in [0.1, 0.15) is 38.8 Å². The summed E-state index contributed by atoms with van der Waals surface area (Å²) in [4.78, 5) is 28.4. The number of benzene rings is 3. The van der Waals surface area contributed by atoms with Gasteiger partial charge in [-0.1, -0.05) is 42.0 Å². The van der Waals surface area contributed by atoms with Gasteiger partial charge >= 0.3 is 0 Å². The van der Waals surface area contributed by atoms with E-state index >= 15 is 0 Å². The van der Waals surface area contributed by atoms with Gasteiger partial charge in [0.1, 0.15) is 5.69 Å². The van der Waals surface area contributed by atoms with E-state index in [4.69, 9.17) is 0 Å². The molecular formula is C24H22N2O3S. The van der Waals surface area contributed by atoms with Crippen molar-refractivity contribution in [2.75, 3.05) is 11.4 Å². The SMILES string of the molecule is CCN1C(=O)c2ccccc2[S@@+]([O-])c2ccc(C(=O)NCc3ccc(C)cc3)cc21. The molecule has 1 heterocycles. The van der Waals surface area contributed by atoms with Crippen LogP contribution in [0.2, 0.25) is 0 Å². The molecule has 1 N–H and O–H groups in total. The van der Waals surface area contributed by atoms with Gasteiger partial charge in [0.15, 0.2) is 9.79 Å². The van der Waals surface area contributed by atoms with Crippen molar-refractivity contribution in [2.45, 2.75) is 30.2 Å². The fourth-order valence-electron chi connectivity index (χ4n) is 3.51. The van der Waals surface area contributed by atoms with Gasteiger partial charge in [0, 0.05) is 29.8 Å². The third kappa shape index (κ3) is 3.72. The van der Waals surface area contributed by atoms with Crippen molar-refractivity contribution in [3.8, 4) is 0 Å². The van der Waals surface area contributed by atoms with Crippen molar-refractivity contribution >= 4 is 28.7 Å². The minimum absolute atomic E-state index is 0.211. The first-order chi connectivity index (χ1) is 14.5. The van der Waals surface area contributed by atoms with Crippen LogP contribution in [0.25, 0.3) is 0 Å². The molecule has 1 aliphatic rings. The van der Waals surface area contributed by atoms with Crippen LogP contribution in [0.3, 0.4) is 0 Å². The number of hydrogen-bond donors (Lipinski definition) is 1. The van der Waals surface area contributed by atoms with E-state index in [2.05, 4.69) is 5.32 Å². The zero-order chi connectivity index (χ0) is 21.3. The van der Waals surface area contributed by atoms with Gasteiger partial charge in [-0.2, -0.15) is 0 Å². The van der Waals surface area contributed by atoms with Crippen LogP contribution in [0.15, 0.2) is 76.5 Å². The molecule has 0 saturated carbocycles. The van der Waals surface area contributed by atoms with E-state index in [-0.39, 0.29) is 11.8 Å². The van der Waals surface area contributed by atoms with Crippen molar-refractivity contribution in [1.29, 1.82) is 0 Å². The average Bonchev–Trinajstić information content (AvgIpc) is 2.86. The van der Waals surface area contributed by atoms with E-state index < -0.39 is 11.2 Å². The molecule has 6 heteroatoms. The topological polar surface area (TPSA) is 72.5 Å². The number of carbonyl (C=O) groups is 2. The maximum absolute atomic E-state index is 13.2. The summed E-state index contributed by atoms with van der Waals surface area (Å²) in [6.45, 7) is 4.69. The van der Waals surface area contributed by atoms with E-state index in [0.717, 1.165) is 11.1 Å². The predicted octanol–water partition coefficient (Wildman–Crippen LogP) is 4.07. The zero-order valence-corrected chi connectivity index (χ0v) is 17.7. The molecule has 3 aromatic rings. The molecule has 0 bridgehead atoms. The first kappa shape index (κ1) is 20.2. The first-order valence-corrected chi connectivity index (χ1v) is 10.9. The number of carbonyl (C=O) groups excluding carboxylic acids is 2. The number of aryl methyl sites for hydroxylation is 1. The fraction of sp³-hybridized carbons (Fsp3) is 0.167. The van der Waals surface area contributed by atoms with Crippen LogP contribution in [-0.2, 0) is 17.7 Å². The second-order valence-corrected chi connectivity index (χ2v) is 8.58. The Morgan fingerprint density at radius 3 is 2.50 bits per heavy atom. The first-order valence-electron chi connectivity index (χ1n) is 9.80. The molecule has 0 fully saturated rings. The van der Waals surface area contributed by atoms with E-state index in [1.165, 1.54) is 0 Å². The highest BCUT2D eigenvalue weighted by atomic mass is 32.2. The lowest BCUT2D eigenvalue weighted by Gasteiger charge is -2.20. The van der Waals surface area contributed by atoms with Crippen molar-refractivity contribution in [3.05, 3.63) is 89.0 Å². The molecular weight excluding hydrogens is 396 g/mol. The fourth-order valence-corrected chi connectivity index (χ4v) is 4.85. The van der Waals surface area contributed by atoms with E-state index in [0.29, 0.717) is 39.7 Å². The molecule has 0 saturated heterocycles. The lowest BCUT2D eigenvalue weighted by molar-refractivity contribution is 0.0947. The van der Waals surface area contributed by atoms with Gasteiger partial charge in [-0.15, -0.1) is 0 Å². The molecule has 0 spiro atoms. The molecule has 1 aliphatic heterocycles.